The maximum atomic E-state index is 10.6. The topological polar surface area (TPSA) is 69.1 Å². The van der Waals surface area contributed by atoms with Gasteiger partial charge >= 0.3 is 0 Å². The minimum atomic E-state index is -0.661. The van der Waals surface area contributed by atoms with Crippen molar-refractivity contribution in [3.8, 4) is 5.75 Å². The summed E-state index contributed by atoms with van der Waals surface area (Å²) in [6.45, 7) is 8.56. The number of benzene rings is 2. The summed E-state index contributed by atoms with van der Waals surface area (Å²) >= 11 is 0. The van der Waals surface area contributed by atoms with Gasteiger partial charge in [0.2, 0.25) is 0 Å². The molecule has 2 aromatic rings. The molecule has 0 aliphatic carbocycles. The highest BCUT2D eigenvalue weighted by atomic mass is 127. The summed E-state index contributed by atoms with van der Waals surface area (Å²) in [6.07, 6.45) is -0.566. The first-order valence-electron chi connectivity index (χ1n) is 10.6. The van der Waals surface area contributed by atoms with Gasteiger partial charge in [-0.05, 0) is 63.7 Å². The molecule has 7 heteroatoms. The third-order valence-electron chi connectivity index (χ3n) is 4.43. The van der Waals surface area contributed by atoms with E-state index in [0.717, 1.165) is 24.4 Å². The van der Waals surface area contributed by atoms with E-state index in [1.54, 1.807) is 0 Å². The fraction of sp³-hybridized carbons (Fsp3) is 0.458. The summed E-state index contributed by atoms with van der Waals surface area (Å²) in [7, 11) is 4.13. The summed E-state index contributed by atoms with van der Waals surface area (Å²) < 4.78 is 5.72. The normalized spacial score (nSPS) is 12.5. The third kappa shape index (κ3) is 9.88. The highest BCUT2D eigenvalue weighted by Crippen LogP contribution is 2.20. The molecule has 0 saturated carbocycles. The molecule has 0 aliphatic heterocycles. The summed E-state index contributed by atoms with van der Waals surface area (Å²) in [5.74, 6) is 1.45. The molecule has 0 fully saturated rings. The molecule has 0 saturated heterocycles. The predicted molar refractivity (Wildman–Crippen MR) is 139 cm³/mol. The number of hydrogen-bond donors (Lipinski definition) is 3. The number of hydrogen-bond acceptors (Lipinski definition) is 4. The molecule has 3 N–H and O–H groups in total. The SMILES string of the molecule is CCNC(=NCc1ccccc1CN(C)C)NCC(O)c1cccc(OC(C)C)c1.I. The van der Waals surface area contributed by atoms with Crippen LogP contribution in [0.5, 0.6) is 5.75 Å². The molecule has 0 heterocycles. The Kier molecular flexibility index (Phi) is 12.5. The van der Waals surface area contributed by atoms with E-state index in [9.17, 15) is 5.11 Å². The van der Waals surface area contributed by atoms with E-state index in [4.69, 9.17) is 9.73 Å². The van der Waals surface area contributed by atoms with Crippen LogP contribution in [-0.4, -0.2) is 49.3 Å². The van der Waals surface area contributed by atoms with E-state index in [-0.39, 0.29) is 30.1 Å². The van der Waals surface area contributed by atoms with Crippen LogP contribution in [0.1, 0.15) is 43.6 Å². The highest BCUT2D eigenvalue weighted by Gasteiger charge is 2.10. The molecule has 0 aliphatic rings. The minimum absolute atomic E-state index is 0. The lowest BCUT2D eigenvalue weighted by Crippen LogP contribution is -2.39. The zero-order valence-electron chi connectivity index (χ0n) is 19.3. The molecule has 0 aromatic heterocycles. The van der Waals surface area contributed by atoms with Gasteiger partial charge in [0, 0.05) is 19.6 Å². The molecular weight excluding hydrogens is 503 g/mol. The van der Waals surface area contributed by atoms with Crippen molar-refractivity contribution < 1.29 is 9.84 Å². The van der Waals surface area contributed by atoms with Crippen LogP contribution in [-0.2, 0) is 13.1 Å². The van der Waals surface area contributed by atoms with Gasteiger partial charge in [0.15, 0.2) is 5.96 Å². The maximum Gasteiger partial charge on any atom is 0.191 e. The highest BCUT2D eigenvalue weighted by molar-refractivity contribution is 14.0. The Morgan fingerprint density at radius 3 is 2.42 bits per heavy atom. The van der Waals surface area contributed by atoms with Crippen LogP contribution >= 0.6 is 24.0 Å². The van der Waals surface area contributed by atoms with Crippen molar-refractivity contribution in [2.24, 2.45) is 4.99 Å². The summed E-state index contributed by atoms with van der Waals surface area (Å²) in [4.78, 5) is 6.87. The number of aliphatic hydroxyl groups is 1. The number of halogens is 1. The van der Waals surface area contributed by atoms with Gasteiger partial charge in [-0.3, -0.25) is 0 Å². The number of nitrogens with one attached hydrogen (secondary N) is 2. The van der Waals surface area contributed by atoms with Crippen LogP contribution in [0.15, 0.2) is 53.5 Å². The molecule has 2 rings (SSSR count). The largest absolute Gasteiger partial charge is 0.491 e. The second-order valence-electron chi connectivity index (χ2n) is 7.84. The number of guanidine groups is 1. The molecular formula is C24H37IN4O2. The van der Waals surface area contributed by atoms with Gasteiger partial charge in [-0.1, -0.05) is 36.4 Å². The van der Waals surface area contributed by atoms with Gasteiger partial charge in [-0.25, -0.2) is 4.99 Å². The van der Waals surface area contributed by atoms with Crippen LogP contribution in [0.4, 0.5) is 0 Å². The van der Waals surface area contributed by atoms with Gasteiger partial charge in [0.25, 0.3) is 0 Å². The van der Waals surface area contributed by atoms with Gasteiger partial charge < -0.3 is 25.4 Å². The molecule has 172 valence electrons. The molecule has 31 heavy (non-hydrogen) atoms. The van der Waals surface area contributed by atoms with E-state index in [0.29, 0.717) is 19.0 Å². The van der Waals surface area contributed by atoms with Crippen molar-refractivity contribution in [1.29, 1.82) is 0 Å². The maximum absolute atomic E-state index is 10.6. The smallest absolute Gasteiger partial charge is 0.191 e. The average molecular weight is 540 g/mol. The minimum Gasteiger partial charge on any atom is -0.491 e. The fourth-order valence-electron chi connectivity index (χ4n) is 3.09. The van der Waals surface area contributed by atoms with E-state index < -0.39 is 6.10 Å². The van der Waals surface area contributed by atoms with Crippen molar-refractivity contribution in [2.45, 2.75) is 46.1 Å². The lowest BCUT2D eigenvalue weighted by molar-refractivity contribution is 0.179. The molecule has 6 nitrogen and oxygen atoms in total. The zero-order valence-corrected chi connectivity index (χ0v) is 21.6. The fourth-order valence-corrected chi connectivity index (χ4v) is 3.09. The molecule has 0 amide bonds. The predicted octanol–water partition coefficient (Wildman–Crippen LogP) is 3.94. The molecule has 1 atom stereocenters. The number of nitrogens with zero attached hydrogens (tertiary/aromatic N) is 2. The Labute approximate surface area is 204 Å². The van der Waals surface area contributed by atoms with Crippen LogP contribution < -0.4 is 15.4 Å². The van der Waals surface area contributed by atoms with E-state index in [2.05, 4.69) is 47.8 Å². The van der Waals surface area contributed by atoms with E-state index in [1.165, 1.54) is 11.1 Å². The van der Waals surface area contributed by atoms with Crippen molar-refractivity contribution in [3.63, 3.8) is 0 Å². The average Bonchev–Trinajstić information content (AvgIpc) is 2.70. The third-order valence-corrected chi connectivity index (χ3v) is 4.43. The zero-order chi connectivity index (χ0) is 21.9. The molecule has 0 radical (unpaired) electrons. The van der Waals surface area contributed by atoms with Crippen molar-refractivity contribution >= 4 is 29.9 Å². The Bertz CT molecular complexity index is 812. The summed E-state index contributed by atoms with van der Waals surface area (Å²) in [5.41, 5.74) is 3.28. The summed E-state index contributed by atoms with van der Waals surface area (Å²) in [5, 5.41) is 17.1. The van der Waals surface area contributed by atoms with Crippen molar-refractivity contribution in [3.05, 3.63) is 65.2 Å². The standard InChI is InChI=1S/C24H36N4O2.HI/c1-6-25-24(26-15-20-10-7-8-11-21(20)17-28(4)5)27-16-23(29)19-12-9-13-22(14-19)30-18(2)3;/h7-14,18,23,29H,6,15-17H2,1-5H3,(H2,25,26,27);1H. The summed E-state index contributed by atoms with van der Waals surface area (Å²) in [6, 6.07) is 15.9. The van der Waals surface area contributed by atoms with E-state index in [1.807, 2.05) is 51.1 Å². The Morgan fingerprint density at radius 2 is 1.77 bits per heavy atom. The number of aliphatic imine (C=N–C) groups is 1. The number of aliphatic hydroxyl groups excluding tert-OH is 1. The Hall–Kier alpha value is -1.84. The second-order valence-corrected chi connectivity index (χ2v) is 7.84. The first-order chi connectivity index (χ1) is 14.4. The molecule has 0 spiro atoms. The van der Waals surface area contributed by atoms with Crippen LogP contribution in [0, 0.1) is 0 Å². The first-order valence-corrected chi connectivity index (χ1v) is 10.6. The van der Waals surface area contributed by atoms with Crippen molar-refractivity contribution in [2.75, 3.05) is 27.2 Å². The molecule has 2 aromatic carbocycles. The van der Waals surface area contributed by atoms with Crippen LogP contribution in [0.2, 0.25) is 0 Å². The Morgan fingerprint density at radius 1 is 1.06 bits per heavy atom. The molecule has 0 bridgehead atoms. The number of ether oxygens (including phenoxy) is 1. The second kappa shape index (κ2) is 14.3. The lowest BCUT2D eigenvalue weighted by Gasteiger charge is -2.17. The Balaban J connectivity index is 0.00000480. The van der Waals surface area contributed by atoms with Gasteiger partial charge in [0.1, 0.15) is 5.75 Å². The number of rotatable bonds is 10. The van der Waals surface area contributed by atoms with Crippen LogP contribution in [0.25, 0.3) is 0 Å². The van der Waals surface area contributed by atoms with Crippen LogP contribution in [0.3, 0.4) is 0 Å². The van der Waals surface area contributed by atoms with Gasteiger partial charge in [-0.2, -0.15) is 0 Å². The first kappa shape index (κ1) is 27.2. The van der Waals surface area contributed by atoms with Gasteiger partial charge in [0.05, 0.1) is 18.8 Å². The van der Waals surface area contributed by atoms with E-state index >= 15 is 0 Å². The van der Waals surface area contributed by atoms with Crippen molar-refractivity contribution in [1.82, 2.24) is 15.5 Å². The van der Waals surface area contributed by atoms with Gasteiger partial charge in [-0.15, -0.1) is 24.0 Å². The monoisotopic (exact) mass is 540 g/mol. The quantitative estimate of drug-likeness (QED) is 0.242. The molecule has 1 unspecified atom stereocenters. The lowest BCUT2D eigenvalue weighted by atomic mass is 10.1.